The predicted molar refractivity (Wildman–Crippen MR) is 152 cm³/mol. The van der Waals surface area contributed by atoms with Crippen molar-refractivity contribution in [2.75, 3.05) is 10.3 Å². The minimum atomic E-state index is -0.611. The van der Waals surface area contributed by atoms with E-state index in [2.05, 4.69) is 10.4 Å². The smallest absolute Gasteiger partial charge is 0.412 e. The quantitative estimate of drug-likeness (QED) is 0.383. The van der Waals surface area contributed by atoms with Crippen molar-refractivity contribution >= 4 is 35.2 Å². The van der Waals surface area contributed by atoms with Crippen LogP contribution in [0.1, 0.15) is 44.4 Å². The van der Waals surface area contributed by atoms with Gasteiger partial charge >= 0.3 is 6.09 Å². The van der Waals surface area contributed by atoms with Gasteiger partial charge in [0.25, 0.3) is 5.91 Å². The topological polar surface area (TPSA) is 91.2 Å². The number of aryl methyl sites for hydroxylation is 2. The molecule has 0 saturated carbocycles. The molecule has 196 valence electrons. The van der Waals surface area contributed by atoms with E-state index in [0.29, 0.717) is 22.5 Å². The predicted octanol–water partition coefficient (Wildman–Crippen LogP) is 7.08. The summed E-state index contributed by atoms with van der Waals surface area (Å²) >= 11 is 0. The summed E-state index contributed by atoms with van der Waals surface area (Å²) in [6, 6.07) is 18.4. The lowest BCUT2D eigenvalue weighted by Crippen LogP contribution is -2.27. The molecule has 0 bridgehead atoms. The molecule has 1 aliphatic rings. The van der Waals surface area contributed by atoms with Crippen LogP contribution in [0.4, 0.5) is 16.2 Å². The van der Waals surface area contributed by atoms with Crippen LogP contribution in [0.25, 0.3) is 17.2 Å². The second-order valence-corrected chi connectivity index (χ2v) is 10.4. The van der Waals surface area contributed by atoms with Crippen LogP contribution >= 0.6 is 0 Å². The van der Waals surface area contributed by atoms with E-state index in [9.17, 15) is 14.7 Å². The maximum absolute atomic E-state index is 13.2. The molecule has 3 aromatic carbocycles. The molecule has 3 aromatic rings. The Hall–Kier alpha value is -4.39. The van der Waals surface area contributed by atoms with E-state index in [1.54, 1.807) is 63.3 Å². The first kappa shape index (κ1) is 26.7. The Morgan fingerprint density at radius 3 is 2.47 bits per heavy atom. The average molecular weight is 512 g/mol. The summed E-state index contributed by atoms with van der Waals surface area (Å²) < 4.78 is 5.33. The zero-order valence-electron chi connectivity index (χ0n) is 22.6. The number of carbonyl (C=O) groups is 2. The van der Waals surface area contributed by atoms with E-state index < -0.39 is 17.6 Å². The number of nitrogens with one attached hydrogen (secondary N) is 1. The fourth-order valence-electron chi connectivity index (χ4n) is 4.16. The standard InChI is InChI=1S/C31H33N3O4/c1-19-13-15-25(17-20(19)2)34-29(36)26(21(3)33-34)16-14-22-9-8-12-27(28(22)35)23-10-7-11-24(18-23)32-30(37)38-31(4,5)6/h7-18,26,35H,1-6H3,(H,32,37)/b16-14+. The normalized spacial score (nSPS) is 15.6. The monoisotopic (exact) mass is 511 g/mol. The maximum Gasteiger partial charge on any atom is 0.412 e. The summed E-state index contributed by atoms with van der Waals surface area (Å²) in [6.45, 7) is 11.3. The highest BCUT2D eigenvalue weighted by Crippen LogP contribution is 2.35. The molecule has 38 heavy (non-hydrogen) atoms. The second kappa shape index (κ2) is 10.5. The Bertz CT molecular complexity index is 1450. The molecule has 0 aliphatic carbocycles. The Kier molecular flexibility index (Phi) is 7.39. The maximum atomic E-state index is 13.2. The van der Waals surface area contributed by atoms with Gasteiger partial charge in [0, 0.05) is 16.8 Å². The van der Waals surface area contributed by atoms with Crippen molar-refractivity contribution in [3.8, 4) is 16.9 Å². The van der Waals surface area contributed by atoms with Crippen molar-refractivity contribution in [3.05, 3.63) is 83.4 Å². The van der Waals surface area contributed by atoms with E-state index in [1.807, 2.05) is 51.1 Å². The van der Waals surface area contributed by atoms with Crippen LogP contribution in [0.15, 0.2) is 71.8 Å². The summed E-state index contributed by atoms with van der Waals surface area (Å²) in [5, 5.41) is 19.7. The number of amides is 2. The molecule has 7 nitrogen and oxygen atoms in total. The van der Waals surface area contributed by atoms with E-state index >= 15 is 0 Å². The summed E-state index contributed by atoms with van der Waals surface area (Å²) in [5.74, 6) is -0.594. The van der Waals surface area contributed by atoms with Crippen LogP contribution in [0, 0.1) is 19.8 Å². The molecule has 2 amide bonds. The highest BCUT2D eigenvalue weighted by Gasteiger charge is 2.32. The van der Waals surface area contributed by atoms with Crippen LogP contribution in [0.2, 0.25) is 0 Å². The van der Waals surface area contributed by atoms with Gasteiger partial charge in [0.1, 0.15) is 11.4 Å². The molecule has 1 aliphatic heterocycles. The molecule has 1 heterocycles. The molecule has 1 atom stereocenters. The third-order valence-corrected chi connectivity index (χ3v) is 6.27. The van der Waals surface area contributed by atoms with Crippen molar-refractivity contribution in [1.29, 1.82) is 0 Å². The Balaban J connectivity index is 1.54. The van der Waals surface area contributed by atoms with Gasteiger partial charge in [-0.3, -0.25) is 10.1 Å². The number of ether oxygens (including phenoxy) is 1. The lowest BCUT2D eigenvalue weighted by molar-refractivity contribution is -0.118. The highest BCUT2D eigenvalue weighted by molar-refractivity contribution is 6.16. The Morgan fingerprint density at radius 2 is 1.76 bits per heavy atom. The number of phenolic OH excluding ortho intramolecular Hbond substituents is 1. The number of rotatable bonds is 5. The first-order valence-electron chi connectivity index (χ1n) is 12.5. The van der Waals surface area contributed by atoms with Gasteiger partial charge in [-0.1, -0.05) is 48.6 Å². The molecule has 7 heteroatoms. The molecule has 0 spiro atoms. The zero-order valence-corrected chi connectivity index (χ0v) is 22.6. The van der Waals surface area contributed by atoms with Gasteiger partial charge in [-0.25, -0.2) is 4.79 Å². The van der Waals surface area contributed by atoms with Crippen LogP contribution in [0.3, 0.4) is 0 Å². The molecule has 0 aromatic heterocycles. The van der Waals surface area contributed by atoms with E-state index in [-0.39, 0.29) is 11.7 Å². The van der Waals surface area contributed by atoms with Gasteiger partial charge in [-0.15, -0.1) is 0 Å². The van der Waals surface area contributed by atoms with Gasteiger partial charge in [0.05, 0.1) is 17.3 Å². The van der Waals surface area contributed by atoms with Crippen LogP contribution in [-0.4, -0.2) is 28.4 Å². The van der Waals surface area contributed by atoms with Gasteiger partial charge < -0.3 is 9.84 Å². The fraction of sp³-hybridized carbons (Fsp3) is 0.258. The lowest BCUT2D eigenvalue weighted by Gasteiger charge is -2.19. The minimum absolute atomic E-state index is 0.0734. The average Bonchev–Trinajstić information content (AvgIpc) is 3.12. The largest absolute Gasteiger partial charge is 0.507 e. The summed E-state index contributed by atoms with van der Waals surface area (Å²) in [4.78, 5) is 25.3. The van der Waals surface area contributed by atoms with Gasteiger partial charge in [-0.05, 0) is 82.5 Å². The van der Waals surface area contributed by atoms with Crippen LogP contribution in [-0.2, 0) is 9.53 Å². The molecule has 1 unspecified atom stereocenters. The van der Waals surface area contributed by atoms with Crippen molar-refractivity contribution < 1.29 is 19.4 Å². The van der Waals surface area contributed by atoms with E-state index in [1.165, 1.54) is 5.01 Å². The van der Waals surface area contributed by atoms with Gasteiger partial charge in [0.15, 0.2) is 0 Å². The summed E-state index contributed by atoms with van der Waals surface area (Å²) in [5.41, 5.74) is 5.49. The SMILES string of the molecule is CC1=NN(c2ccc(C)c(C)c2)C(=O)C1/C=C/c1cccc(-c2cccc(NC(=O)OC(C)(C)C)c2)c1O. The number of hydrogen-bond acceptors (Lipinski definition) is 5. The Labute approximate surface area is 223 Å². The zero-order chi connectivity index (χ0) is 27.6. The first-order chi connectivity index (χ1) is 17.9. The summed E-state index contributed by atoms with van der Waals surface area (Å²) in [6.07, 6.45) is 2.96. The number of benzene rings is 3. The molecule has 0 saturated heterocycles. The van der Waals surface area contributed by atoms with Gasteiger partial charge in [0.2, 0.25) is 0 Å². The number of carbonyl (C=O) groups excluding carboxylic acids is 2. The van der Waals surface area contributed by atoms with Crippen molar-refractivity contribution in [2.24, 2.45) is 11.0 Å². The molecule has 2 N–H and O–H groups in total. The lowest BCUT2D eigenvalue weighted by atomic mass is 9.98. The Morgan fingerprint density at radius 1 is 1.03 bits per heavy atom. The third-order valence-electron chi connectivity index (χ3n) is 6.27. The first-order valence-corrected chi connectivity index (χ1v) is 12.5. The van der Waals surface area contributed by atoms with Crippen molar-refractivity contribution in [1.82, 2.24) is 0 Å². The van der Waals surface area contributed by atoms with E-state index in [0.717, 1.165) is 22.4 Å². The minimum Gasteiger partial charge on any atom is -0.507 e. The third kappa shape index (κ3) is 5.94. The molecular weight excluding hydrogens is 478 g/mol. The number of anilines is 2. The second-order valence-electron chi connectivity index (χ2n) is 10.4. The van der Waals surface area contributed by atoms with E-state index in [4.69, 9.17) is 4.74 Å². The van der Waals surface area contributed by atoms with Gasteiger partial charge in [-0.2, -0.15) is 10.1 Å². The van der Waals surface area contributed by atoms with Crippen molar-refractivity contribution in [2.45, 2.75) is 47.1 Å². The number of hydrazone groups is 1. The number of nitrogens with zero attached hydrogens (tertiary/aromatic N) is 2. The summed E-state index contributed by atoms with van der Waals surface area (Å²) in [7, 11) is 0. The van der Waals surface area contributed by atoms with Crippen LogP contribution in [0.5, 0.6) is 5.75 Å². The molecule has 0 fully saturated rings. The van der Waals surface area contributed by atoms with Crippen LogP contribution < -0.4 is 10.3 Å². The molecular formula is C31H33N3O4. The number of phenols is 1. The molecule has 0 radical (unpaired) electrons. The molecule has 4 rings (SSSR count). The highest BCUT2D eigenvalue weighted by atomic mass is 16.6. The van der Waals surface area contributed by atoms with Crippen molar-refractivity contribution in [3.63, 3.8) is 0 Å². The number of hydrogen-bond donors (Lipinski definition) is 2. The fourth-order valence-corrected chi connectivity index (χ4v) is 4.16. The number of para-hydroxylation sites is 1. The number of aromatic hydroxyl groups is 1.